The molecule has 0 fully saturated rings. The number of carbonyl (C=O) groups excluding carboxylic acids is 1. The van der Waals surface area contributed by atoms with Crippen LogP contribution < -0.4 is 5.32 Å². The lowest BCUT2D eigenvalue weighted by molar-refractivity contribution is -0.140. The lowest BCUT2D eigenvalue weighted by Crippen LogP contribution is -2.20. The number of rotatable bonds is 4. The molecule has 0 bridgehead atoms. The summed E-state index contributed by atoms with van der Waals surface area (Å²) in [5, 5.41) is 2.46. The Morgan fingerprint density at radius 3 is 2.37 bits per heavy atom. The number of benzene rings is 1. The van der Waals surface area contributed by atoms with E-state index in [-0.39, 0.29) is 35.7 Å². The quantitative estimate of drug-likeness (QED) is 0.541. The average Bonchev–Trinajstić information content (AvgIpc) is 2.94. The van der Waals surface area contributed by atoms with Crippen LogP contribution in [-0.4, -0.2) is 15.5 Å². The van der Waals surface area contributed by atoms with Crippen LogP contribution in [0.15, 0.2) is 36.5 Å². The molecule has 0 spiro atoms. The van der Waals surface area contributed by atoms with E-state index in [0.29, 0.717) is 17.1 Å². The highest BCUT2D eigenvalue weighted by Crippen LogP contribution is 2.32. The van der Waals surface area contributed by atoms with Crippen LogP contribution in [0.2, 0.25) is 0 Å². The van der Waals surface area contributed by atoms with E-state index in [4.69, 9.17) is 0 Å². The number of nitrogens with zero attached hydrogens (tertiary/aromatic N) is 2. The number of hydrogen-bond acceptors (Lipinski definition) is 2. The molecular formula is C21H20F5N3O. The van der Waals surface area contributed by atoms with Crippen molar-refractivity contribution in [3.8, 4) is 0 Å². The minimum atomic E-state index is -4.77. The Kier molecular flexibility index (Phi) is 5.58. The van der Waals surface area contributed by atoms with Gasteiger partial charge in [0.2, 0.25) is 5.91 Å². The number of carbonyl (C=O) groups is 1. The van der Waals surface area contributed by atoms with E-state index in [2.05, 4.69) is 10.3 Å². The van der Waals surface area contributed by atoms with Gasteiger partial charge in [0, 0.05) is 25.2 Å². The van der Waals surface area contributed by atoms with E-state index in [1.54, 1.807) is 12.3 Å². The van der Waals surface area contributed by atoms with Gasteiger partial charge in [-0.05, 0) is 29.2 Å². The lowest BCUT2D eigenvalue weighted by atomic mass is 9.92. The third-order valence-electron chi connectivity index (χ3n) is 4.35. The molecule has 2 aromatic heterocycles. The monoisotopic (exact) mass is 425 g/mol. The number of alkyl halides is 3. The Bertz CT molecular complexity index is 1100. The zero-order chi connectivity index (χ0) is 22.3. The molecule has 9 heteroatoms. The van der Waals surface area contributed by atoms with Gasteiger partial charge < -0.3 is 9.88 Å². The molecule has 30 heavy (non-hydrogen) atoms. The molecule has 3 aromatic rings. The zero-order valence-corrected chi connectivity index (χ0v) is 16.6. The number of fused-ring (bicyclic) bond motifs is 1. The standard InChI is InChI=1S/C21H20F5N3O/c1-20(2,3)10-18(30)28-19-15(23)9-17-16(27-19)6-7-29(17)11-12-4-5-13(14(22)8-12)21(24,25)26/h4-9H,10-11H2,1-3H3,(H,27,28,30). The van der Waals surface area contributed by atoms with Crippen LogP contribution in [0, 0.1) is 17.0 Å². The molecule has 3 rings (SSSR count). The normalized spacial score (nSPS) is 12.4. The second kappa shape index (κ2) is 7.70. The van der Waals surface area contributed by atoms with Crippen molar-refractivity contribution in [1.29, 1.82) is 0 Å². The Morgan fingerprint density at radius 1 is 1.07 bits per heavy atom. The number of amides is 1. The van der Waals surface area contributed by atoms with Crippen LogP contribution in [0.25, 0.3) is 11.0 Å². The molecule has 0 aliphatic rings. The Hall–Kier alpha value is -2.97. The van der Waals surface area contributed by atoms with Gasteiger partial charge >= 0.3 is 6.18 Å². The topological polar surface area (TPSA) is 46.9 Å². The molecule has 0 aliphatic carbocycles. The highest BCUT2D eigenvalue weighted by Gasteiger charge is 2.33. The van der Waals surface area contributed by atoms with Crippen molar-refractivity contribution in [1.82, 2.24) is 9.55 Å². The van der Waals surface area contributed by atoms with E-state index in [0.717, 1.165) is 6.07 Å². The number of nitrogens with one attached hydrogen (secondary N) is 1. The highest BCUT2D eigenvalue weighted by molar-refractivity contribution is 5.91. The molecule has 2 heterocycles. The fourth-order valence-corrected chi connectivity index (χ4v) is 3.05. The van der Waals surface area contributed by atoms with Crippen LogP contribution in [0.5, 0.6) is 0 Å². The molecule has 0 atom stereocenters. The smallest absolute Gasteiger partial charge is 0.342 e. The van der Waals surface area contributed by atoms with Crippen LogP contribution >= 0.6 is 0 Å². The number of hydrogen-bond donors (Lipinski definition) is 1. The molecular weight excluding hydrogens is 405 g/mol. The summed E-state index contributed by atoms with van der Waals surface area (Å²) in [4.78, 5) is 16.2. The molecule has 0 unspecified atom stereocenters. The van der Waals surface area contributed by atoms with Crippen LogP contribution in [0.1, 0.15) is 38.3 Å². The van der Waals surface area contributed by atoms with E-state index in [1.807, 2.05) is 20.8 Å². The Labute approximate surface area is 169 Å². The first-order valence-corrected chi connectivity index (χ1v) is 9.14. The van der Waals surface area contributed by atoms with Gasteiger partial charge in [-0.15, -0.1) is 0 Å². The summed E-state index contributed by atoms with van der Waals surface area (Å²) in [5.74, 6) is -2.68. The van der Waals surface area contributed by atoms with Crippen LogP contribution in [0.3, 0.4) is 0 Å². The summed E-state index contributed by atoms with van der Waals surface area (Å²) < 4.78 is 67.9. The molecule has 1 N–H and O–H groups in total. The van der Waals surface area contributed by atoms with E-state index < -0.39 is 23.4 Å². The largest absolute Gasteiger partial charge is 0.419 e. The van der Waals surface area contributed by atoms with Gasteiger partial charge in [-0.25, -0.2) is 13.8 Å². The summed E-state index contributed by atoms with van der Waals surface area (Å²) in [7, 11) is 0. The molecule has 0 aliphatic heterocycles. The van der Waals surface area contributed by atoms with Gasteiger partial charge in [0.05, 0.1) is 16.6 Å². The van der Waals surface area contributed by atoms with Crippen molar-refractivity contribution in [2.45, 2.75) is 39.9 Å². The van der Waals surface area contributed by atoms with E-state index in [1.165, 1.54) is 16.7 Å². The Morgan fingerprint density at radius 2 is 1.77 bits per heavy atom. The summed E-state index contributed by atoms with van der Waals surface area (Å²) in [5.41, 5.74) is -0.588. The number of halogens is 5. The maximum absolute atomic E-state index is 14.5. The lowest BCUT2D eigenvalue weighted by Gasteiger charge is -2.17. The predicted molar refractivity (Wildman–Crippen MR) is 103 cm³/mol. The third kappa shape index (κ3) is 4.95. The van der Waals surface area contributed by atoms with Crippen molar-refractivity contribution >= 4 is 22.8 Å². The maximum Gasteiger partial charge on any atom is 0.419 e. The van der Waals surface area contributed by atoms with E-state index >= 15 is 0 Å². The third-order valence-corrected chi connectivity index (χ3v) is 4.35. The molecule has 1 aromatic carbocycles. The Balaban J connectivity index is 1.85. The molecule has 0 saturated heterocycles. The summed E-state index contributed by atoms with van der Waals surface area (Å²) >= 11 is 0. The second-order valence-electron chi connectivity index (χ2n) is 8.26. The van der Waals surface area contributed by atoms with Gasteiger partial charge in [-0.2, -0.15) is 13.2 Å². The minimum absolute atomic E-state index is 0.0232. The highest BCUT2D eigenvalue weighted by atomic mass is 19.4. The van der Waals surface area contributed by atoms with Crippen LogP contribution in [-0.2, 0) is 17.5 Å². The molecule has 1 amide bonds. The average molecular weight is 425 g/mol. The molecule has 0 saturated carbocycles. The van der Waals surface area contributed by atoms with Gasteiger partial charge in [0.1, 0.15) is 5.82 Å². The van der Waals surface area contributed by atoms with Gasteiger partial charge in [0.25, 0.3) is 0 Å². The second-order valence-corrected chi connectivity index (χ2v) is 8.26. The van der Waals surface area contributed by atoms with E-state index in [9.17, 15) is 26.7 Å². The maximum atomic E-state index is 14.5. The predicted octanol–water partition coefficient (Wildman–Crippen LogP) is 5.76. The van der Waals surface area contributed by atoms with Crippen molar-refractivity contribution in [3.63, 3.8) is 0 Å². The number of pyridine rings is 1. The summed E-state index contributed by atoms with van der Waals surface area (Å²) in [6.45, 7) is 5.66. The van der Waals surface area contributed by atoms with Gasteiger partial charge in [-0.1, -0.05) is 26.8 Å². The first-order valence-electron chi connectivity index (χ1n) is 9.14. The SMILES string of the molecule is CC(C)(C)CC(=O)Nc1nc2ccn(Cc3ccc(C(F)(F)F)c(F)c3)c2cc1F. The summed E-state index contributed by atoms with van der Waals surface area (Å²) in [6, 6.07) is 5.41. The van der Waals surface area contributed by atoms with Crippen molar-refractivity contribution in [3.05, 3.63) is 59.3 Å². The summed E-state index contributed by atoms with van der Waals surface area (Å²) in [6.07, 6.45) is -3.02. The molecule has 160 valence electrons. The van der Waals surface area contributed by atoms with Crippen molar-refractivity contribution in [2.24, 2.45) is 5.41 Å². The van der Waals surface area contributed by atoms with Crippen molar-refractivity contribution < 1.29 is 26.7 Å². The van der Waals surface area contributed by atoms with Gasteiger partial charge in [-0.3, -0.25) is 4.79 Å². The first-order chi connectivity index (χ1) is 13.8. The number of anilines is 1. The molecule has 4 nitrogen and oxygen atoms in total. The minimum Gasteiger partial charge on any atom is -0.342 e. The van der Waals surface area contributed by atoms with Crippen molar-refractivity contribution in [2.75, 3.05) is 5.32 Å². The molecule has 0 radical (unpaired) electrons. The number of aromatic nitrogens is 2. The van der Waals surface area contributed by atoms with Crippen LogP contribution in [0.4, 0.5) is 27.8 Å². The van der Waals surface area contributed by atoms with Gasteiger partial charge in [0.15, 0.2) is 11.6 Å². The zero-order valence-electron chi connectivity index (χ0n) is 16.6. The first kappa shape index (κ1) is 21.7. The fourth-order valence-electron chi connectivity index (χ4n) is 3.05. The fraction of sp³-hybridized carbons (Fsp3) is 0.333.